The zero-order valence-electron chi connectivity index (χ0n) is 11.9. The molecule has 0 aliphatic heterocycles. The molecule has 6 heteroatoms. The van der Waals surface area contributed by atoms with Crippen LogP contribution in [0.2, 0.25) is 0 Å². The van der Waals surface area contributed by atoms with Crippen LogP contribution < -0.4 is 15.8 Å². The van der Waals surface area contributed by atoms with E-state index in [1.54, 1.807) is 23.9 Å². The summed E-state index contributed by atoms with van der Waals surface area (Å²) in [6.45, 7) is 2.24. The van der Waals surface area contributed by atoms with Crippen LogP contribution in [0.3, 0.4) is 0 Å². The molecule has 5 nitrogen and oxygen atoms in total. The van der Waals surface area contributed by atoms with Gasteiger partial charge in [0, 0.05) is 31.4 Å². The third kappa shape index (κ3) is 2.91. The number of aryl methyl sites for hydroxylation is 2. The number of ether oxygens (including phenoxy) is 1. The van der Waals surface area contributed by atoms with Crippen LogP contribution in [-0.2, 0) is 7.05 Å². The summed E-state index contributed by atoms with van der Waals surface area (Å²) in [6.07, 6.45) is 1.89. The summed E-state index contributed by atoms with van der Waals surface area (Å²) < 4.78 is 20.7. The second-order valence-electron chi connectivity index (χ2n) is 4.62. The fourth-order valence-corrected chi connectivity index (χ4v) is 2.15. The molecule has 1 aromatic heterocycles. The van der Waals surface area contributed by atoms with Crippen LogP contribution in [0.1, 0.15) is 17.3 Å². The van der Waals surface area contributed by atoms with Crippen molar-refractivity contribution in [3.63, 3.8) is 0 Å². The van der Waals surface area contributed by atoms with Crippen molar-refractivity contribution in [3.05, 3.63) is 41.5 Å². The molecule has 1 atom stereocenters. The molecule has 0 amide bonds. The van der Waals surface area contributed by atoms with Crippen LogP contribution in [-0.4, -0.2) is 23.4 Å². The molecule has 2 aromatic rings. The minimum Gasteiger partial charge on any atom is -0.497 e. The van der Waals surface area contributed by atoms with Gasteiger partial charge in [-0.15, -0.1) is 0 Å². The van der Waals surface area contributed by atoms with E-state index in [2.05, 4.69) is 10.4 Å². The number of methoxy groups -OCH3 is 1. The highest BCUT2D eigenvalue weighted by atomic mass is 19.1. The zero-order chi connectivity index (χ0) is 14.7. The van der Waals surface area contributed by atoms with Gasteiger partial charge in [0.25, 0.3) is 0 Å². The number of rotatable bonds is 5. The molecule has 0 fully saturated rings. The minimum absolute atomic E-state index is 0.203. The summed E-state index contributed by atoms with van der Waals surface area (Å²) in [4.78, 5) is 0. The summed E-state index contributed by atoms with van der Waals surface area (Å²) in [6, 6.07) is 4.35. The van der Waals surface area contributed by atoms with E-state index in [1.807, 2.05) is 20.2 Å². The molecule has 0 aliphatic carbocycles. The summed E-state index contributed by atoms with van der Waals surface area (Å²) in [5, 5.41) is 7.39. The number of nitrogens with zero attached hydrogens (tertiary/aromatic N) is 2. The first kappa shape index (κ1) is 14.3. The first-order valence-corrected chi connectivity index (χ1v) is 6.35. The molecule has 0 spiro atoms. The van der Waals surface area contributed by atoms with Crippen molar-refractivity contribution in [2.75, 3.05) is 19.0 Å². The Labute approximate surface area is 117 Å². The summed E-state index contributed by atoms with van der Waals surface area (Å²) in [7, 11) is 3.39. The van der Waals surface area contributed by atoms with E-state index in [4.69, 9.17) is 10.5 Å². The van der Waals surface area contributed by atoms with Gasteiger partial charge in [0.2, 0.25) is 0 Å². The fourth-order valence-electron chi connectivity index (χ4n) is 2.15. The molecule has 0 aliphatic rings. The van der Waals surface area contributed by atoms with E-state index in [0.717, 1.165) is 11.3 Å². The molecule has 0 saturated carbocycles. The fraction of sp³-hybridized carbons (Fsp3) is 0.357. The lowest BCUT2D eigenvalue weighted by Gasteiger charge is -2.18. The molecular formula is C14H19FN4O. The lowest BCUT2D eigenvalue weighted by molar-refractivity contribution is 0.414. The van der Waals surface area contributed by atoms with Crippen LogP contribution in [0, 0.1) is 12.7 Å². The van der Waals surface area contributed by atoms with Gasteiger partial charge >= 0.3 is 0 Å². The molecule has 1 aromatic carbocycles. The van der Waals surface area contributed by atoms with Gasteiger partial charge in [-0.2, -0.15) is 5.10 Å². The Morgan fingerprint density at radius 3 is 2.80 bits per heavy atom. The Morgan fingerprint density at radius 2 is 2.25 bits per heavy atom. The van der Waals surface area contributed by atoms with Crippen molar-refractivity contribution in [2.24, 2.45) is 12.8 Å². The van der Waals surface area contributed by atoms with Crippen molar-refractivity contribution < 1.29 is 9.13 Å². The molecular weight excluding hydrogens is 259 g/mol. The average molecular weight is 278 g/mol. The molecule has 1 heterocycles. The van der Waals surface area contributed by atoms with Crippen molar-refractivity contribution in [1.82, 2.24) is 9.78 Å². The monoisotopic (exact) mass is 278 g/mol. The zero-order valence-corrected chi connectivity index (χ0v) is 11.9. The van der Waals surface area contributed by atoms with Crippen LogP contribution in [0.4, 0.5) is 10.1 Å². The number of aromatic nitrogens is 2. The van der Waals surface area contributed by atoms with Gasteiger partial charge in [-0.05, 0) is 19.1 Å². The smallest absolute Gasteiger partial charge is 0.146 e. The Morgan fingerprint density at radius 1 is 1.50 bits per heavy atom. The average Bonchev–Trinajstić information content (AvgIpc) is 2.76. The molecule has 20 heavy (non-hydrogen) atoms. The van der Waals surface area contributed by atoms with E-state index in [1.165, 1.54) is 6.07 Å². The number of halogens is 1. The normalized spacial score (nSPS) is 12.2. The van der Waals surface area contributed by atoms with Gasteiger partial charge in [-0.1, -0.05) is 0 Å². The molecule has 0 bridgehead atoms. The maximum absolute atomic E-state index is 13.8. The topological polar surface area (TPSA) is 65.1 Å². The van der Waals surface area contributed by atoms with E-state index in [0.29, 0.717) is 18.0 Å². The molecule has 1 unspecified atom stereocenters. The van der Waals surface area contributed by atoms with E-state index < -0.39 is 0 Å². The highest BCUT2D eigenvalue weighted by molar-refractivity contribution is 5.51. The number of nitrogens with one attached hydrogen (secondary N) is 1. The van der Waals surface area contributed by atoms with Crippen molar-refractivity contribution in [2.45, 2.75) is 13.0 Å². The van der Waals surface area contributed by atoms with E-state index in [-0.39, 0.29) is 11.9 Å². The summed E-state index contributed by atoms with van der Waals surface area (Å²) >= 11 is 0. The van der Waals surface area contributed by atoms with Gasteiger partial charge in [0.15, 0.2) is 0 Å². The minimum atomic E-state index is -0.342. The maximum Gasteiger partial charge on any atom is 0.146 e. The maximum atomic E-state index is 13.8. The van der Waals surface area contributed by atoms with Gasteiger partial charge in [-0.3, -0.25) is 4.68 Å². The van der Waals surface area contributed by atoms with Gasteiger partial charge in [-0.25, -0.2) is 4.39 Å². The number of hydrogen-bond donors (Lipinski definition) is 2. The van der Waals surface area contributed by atoms with Crippen LogP contribution in [0.15, 0.2) is 24.4 Å². The standard InChI is InChI=1S/C14H19FN4O/c1-9-11(8-19(2)18-9)14(7-16)17-13-6-10(20-3)4-5-12(13)15/h4-6,8,14,17H,7,16H2,1-3H3. The van der Waals surface area contributed by atoms with Crippen LogP contribution in [0.5, 0.6) is 5.75 Å². The third-order valence-corrected chi connectivity index (χ3v) is 3.17. The Kier molecular flexibility index (Phi) is 4.24. The predicted molar refractivity (Wildman–Crippen MR) is 76.3 cm³/mol. The Balaban J connectivity index is 2.28. The predicted octanol–water partition coefficient (Wildman–Crippen LogP) is 1.99. The quantitative estimate of drug-likeness (QED) is 0.878. The third-order valence-electron chi connectivity index (χ3n) is 3.17. The molecule has 0 radical (unpaired) electrons. The SMILES string of the molecule is COc1ccc(F)c(NC(CN)c2cn(C)nc2C)c1. The second-order valence-corrected chi connectivity index (χ2v) is 4.62. The molecule has 2 rings (SSSR count). The number of hydrogen-bond acceptors (Lipinski definition) is 4. The largest absolute Gasteiger partial charge is 0.497 e. The lowest BCUT2D eigenvalue weighted by atomic mass is 10.1. The van der Waals surface area contributed by atoms with Gasteiger partial charge < -0.3 is 15.8 Å². The van der Waals surface area contributed by atoms with E-state index >= 15 is 0 Å². The van der Waals surface area contributed by atoms with Gasteiger partial charge in [0.05, 0.1) is 24.5 Å². The van der Waals surface area contributed by atoms with Crippen LogP contribution >= 0.6 is 0 Å². The molecule has 3 N–H and O–H groups in total. The first-order chi connectivity index (χ1) is 9.55. The number of benzene rings is 1. The highest BCUT2D eigenvalue weighted by Gasteiger charge is 2.17. The van der Waals surface area contributed by atoms with Crippen molar-refractivity contribution >= 4 is 5.69 Å². The second kappa shape index (κ2) is 5.92. The highest BCUT2D eigenvalue weighted by Crippen LogP contribution is 2.26. The first-order valence-electron chi connectivity index (χ1n) is 6.35. The lowest BCUT2D eigenvalue weighted by Crippen LogP contribution is -2.21. The van der Waals surface area contributed by atoms with Crippen LogP contribution in [0.25, 0.3) is 0 Å². The molecule has 108 valence electrons. The van der Waals surface area contributed by atoms with Crippen molar-refractivity contribution in [1.29, 1.82) is 0 Å². The number of nitrogens with two attached hydrogens (primary N) is 1. The summed E-state index contributed by atoms with van der Waals surface area (Å²) in [5.74, 6) is 0.248. The Hall–Kier alpha value is -2.08. The van der Waals surface area contributed by atoms with Crippen molar-refractivity contribution in [3.8, 4) is 5.75 Å². The molecule has 0 saturated heterocycles. The number of anilines is 1. The van der Waals surface area contributed by atoms with E-state index in [9.17, 15) is 4.39 Å². The van der Waals surface area contributed by atoms with Gasteiger partial charge in [0.1, 0.15) is 11.6 Å². The summed E-state index contributed by atoms with van der Waals surface area (Å²) in [5.41, 5.74) is 7.99. The Bertz CT molecular complexity index is 597.